The summed E-state index contributed by atoms with van der Waals surface area (Å²) in [5.74, 6) is 0. The second-order valence-corrected chi connectivity index (χ2v) is 4.97. The number of nitrogens with two attached hydrogens (primary N) is 1. The van der Waals surface area contributed by atoms with Crippen LogP contribution in [0.5, 0.6) is 0 Å². The van der Waals surface area contributed by atoms with Crippen LogP contribution in [0.25, 0.3) is 0 Å². The highest BCUT2D eigenvalue weighted by Crippen LogP contribution is 2.27. The smallest absolute Gasteiger partial charge is 0.0316 e. The number of hydrogen-bond acceptors (Lipinski definition) is 2. The Morgan fingerprint density at radius 3 is 2.86 bits per heavy atom. The first kappa shape index (κ1) is 9.53. The van der Waals surface area contributed by atoms with Crippen molar-refractivity contribution < 1.29 is 0 Å². The Morgan fingerprint density at radius 2 is 2.07 bits per heavy atom. The van der Waals surface area contributed by atoms with Crippen molar-refractivity contribution in [3.63, 3.8) is 0 Å². The largest absolute Gasteiger partial charge is 0.399 e. The molecule has 1 aliphatic heterocycles. The highest BCUT2D eigenvalue weighted by atomic mass is 14.9. The third-order valence-corrected chi connectivity index (χ3v) is 2.82. The maximum Gasteiger partial charge on any atom is 0.0316 e. The van der Waals surface area contributed by atoms with Gasteiger partial charge in [0.15, 0.2) is 0 Å². The van der Waals surface area contributed by atoms with E-state index in [1.54, 1.807) is 0 Å². The summed E-state index contributed by atoms with van der Waals surface area (Å²) >= 11 is 0. The van der Waals surface area contributed by atoms with Crippen LogP contribution in [0.3, 0.4) is 0 Å². The highest BCUT2D eigenvalue weighted by molar-refractivity contribution is 5.45. The predicted molar refractivity (Wildman–Crippen MR) is 60.0 cm³/mol. The number of benzene rings is 1. The molecule has 0 radical (unpaired) electrons. The van der Waals surface area contributed by atoms with Gasteiger partial charge in [-0.2, -0.15) is 0 Å². The number of rotatable bonds is 0. The average Bonchev–Trinajstić information content (AvgIpc) is 2.21. The average molecular weight is 190 g/mol. The zero-order valence-corrected chi connectivity index (χ0v) is 8.93. The summed E-state index contributed by atoms with van der Waals surface area (Å²) < 4.78 is 0. The molecule has 1 aromatic carbocycles. The number of nitrogens with one attached hydrogen (secondary N) is 1. The maximum atomic E-state index is 5.80. The summed E-state index contributed by atoms with van der Waals surface area (Å²) in [4.78, 5) is 0. The maximum absolute atomic E-state index is 5.80. The van der Waals surface area contributed by atoms with Gasteiger partial charge in [-0.25, -0.2) is 0 Å². The Balaban J connectivity index is 2.38. The van der Waals surface area contributed by atoms with E-state index >= 15 is 0 Å². The molecule has 0 spiro atoms. The lowest BCUT2D eigenvalue weighted by Gasteiger charge is -2.22. The monoisotopic (exact) mass is 190 g/mol. The molecule has 1 aliphatic rings. The third kappa shape index (κ3) is 1.90. The summed E-state index contributed by atoms with van der Waals surface area (Å²) in [6.07, 6.45) is 1.11. The van der Waals surface area contributed by atoms with Crippen LogP contribution in [0.1, 0.15) is 25.0 Å². The highest BCUT2D eigenvalue weighted by Gasteiger charge is 2.22. The SMILES string of the molecule is CC1(C)CNCc2ccc(N)cc2C1. The molecule has 3 N–H and O–H groups in total. The third-order valence-electron chi connectivity index (χ3n) is 2.82. The second-order valence-electron chi connectivity index (χ2n) is 4.97. The Hall–Kier alpha value is -1.02. The number of fused-ring (bicyclic) bond motifs is 1. The molecule has 0 amide bonds. The van der Waals surface area contributed by atoms with E-state index in [-0.39, 0.29) is 0 Å². The van der Waals surface area contributed by atoms with Crippen LogP contribution in [0.4, 0.5) is 5.69 Å². The normalized spacial score (nSPS) is 19.9. The summed E-state index contributed by atoms with van der Waals surface area (Å²) in [6.45, 7) is 6.62. The fourth-order valence-electron chi connectivity index (χ4n) is 2.10. The van der Waals surface area contributed by atoms with Crippen molar-refractivity contribution in [1.82, 2.24) is 5.32 Å². The van der Waals surface area contributed by atoms with E-state index < -0.39 is 0 Å². The van der Waals surface area contributed by atoms with Crippen molar-refractivity contribution >= 4 is 5.69 Å². The van der Waals surface area contributed by atoms with Gasteiger partial charge in [0, 0.05) is 18.8 Å². The van der Waals surface area contributed by atoms with Gasteiger partial charge in [0.1, 0.15) is 0 Å². The van der Waals surface area contributed by atoms with Crippen molar-refractivity contribution in [3.8, 4) is 0 Å². The molecule has 0 aromatic heterocycles. The molecule has 14 heavy (non-hydrogen) atoms. The molecule has 1 heterocycles. The molecule has 0 atom stereocenters. The van der Waals surface area contributed by atoms with Crippen molar-refractivity contribution in [2.45, 2.75) is 26.8 Å². The van der Waals surface area contributed by atoms with Gasteiger partial charge < -0.3 is 11.1 Å². The van der Waals surface area contributed by atoms with Gasteiger partial charge >= 0.3 is 0 Å². The van der Waals surface area contributed by atoms with E-state index in [0.29, 0.717) is 5.41 Å². The molecule has 0 unspecified atom stereocenters. The van der Waals surface area contributed by atoms with Crippen molar-refractivity contribution in [3.05, 3.63) is 29.3 Å². The van der Waals surface area contributed by atoms with Gasteiger partial charge in [0.2, 0.25) is 0 Å². The van der Waals surface area contributed by atoms with Crippen LogP contribution < -0.4 is 11.1 Å². The van der Waals surface area contributed by atoms with Gasteiger partial charge in [0.05, 0.1) is 0 Å². The fraction of sp³-hybridized carbons (Fsp3) is 0.500. The fourth-order valence-corrected chi connectivity index (χ4v) is 2.10. The standard InChI is InChI=1S/C12H18N2/c1-12(2)6-10-5-11(13)4-3-9(10)7-14-8-12/h3-5,14H,6-8,13H2,1-2H3. The molecule has 0 bridgehead atoms. The molecular weight excluding hydrogens is 172 g/mol. The first-order valence-corrected chi connectivity index (χ1v) is 5.15. The number of nitrogen functional groups attached to an aromatic ring is 1. The Morgan fingerprint density at radius 1 is 1.29 bits per heavy atom. The lowest BCUT2D eigenvalue weighted by Crippen LogP contribution is -2.27. The van der Waals surface area contributed by atoms with Crippen LogP contribution in [0, 0.1) is 5.41 Å². The van der Waals surface area contributed by atoms with Gasteiger partial charge in [-0.15, -0.1) is 0 Å². The van der Waals surface area contributed by atoms with Gasteiger partial charge in [-0.05, 0) is 35.1 Å². The minimum absolute atomic E-state index is 0.332. The molecular formula is C12H18N2. The Kier molecular flexibility index (Phi) is 2.23. The van der Waals surface area contributed by atoms with Crippen LogP contribution in [-0.4, -0.2) is 6.54 Å². The summed E-state index contributed by atoms with van der Waals surface area (Å²) in [5.41, 5.74) is 9.81. The van der Waals surface area contributed by atoms with E-state index in [4.69, 9.17) is 5.73 Å². The van der Waals surface area contributed by atoms with E-state index in [1.165, 1.54) is 11.1 Å². The number of hydrogen-bond donors (Lipinski definition) is 2. The van der Waals surface area contributed by atoms with E-state index in [1.807, 2.05) is 6.07 Å². The van der Waals surface area contributed by atoms with Gasteiger partial charge in [-0.3, -0.25) is 0 Å². The van der Waals surface area contributed by atoms with Crippen LogP contribution in [0.2, 0.25) is 0 Å². The summed E-state index contributed by atoms with van der Waals surface area (Å²) in [6, 6.07) is 6.24. The molecule has 0 fully saturated rings. The number of anilines is 1. The van der Waals surface area contributed by atoms with E-state index in [9.17, 15) is 0 Å². The van der Waals surface area contributed by atoms with Crippen molar-refractivity contribution in [1.29, 1.82) is 0 Å². The zero-order valence-electron chi connectivity index (χ0n) is 8.93. The second kappa shape index (κ2) is 3.28. The van der Waals surface area contributed by atoms with Crippen molar-refractivity contribution in [2.75, 3.05) is 12.3 Å². The zero-order chi connectivity index (χ0) is 10.2. The minimum atomic E-state index is 0.332. The summed E-state index contributed by atoms with van der Waals surface area (Å²) in [5, 5.41) is 3.47. The van der Waals surface area contributed by atoms with Crippen LogP contribution >= 0.6 is 0 Å². The molecule has 76 valence electrons. The van der Waals surface area contributed by atoms with E-state index in [0.717, 1.165) is 25.2 Å². The quantitative estimate of drug-likeness (QED) is 0.614. The van der Waals surface area contributed by atoms with Crippen molar-refractivity contribution in [2.24, 2.45) is 5.41 Å². The molecule has 0 aliphatic carbocycles. The van der Waals surface area contributed by atoms with Crippen LogP contribution in [0.15, 0.2) is 18.2 Å². The molecule has 2 nitrogen and oxygen atoms in total. The molecule has 2 rings (SSSR count). The van der Waals surface area contributed by atoms with Gasteiger partial charge in [0.25, 0.3) is 0 Å². The topological polar surface area (TPSA) is 38.0 Å². The molecule has 1 aromatic rings. The molecule has 0 saturated carbocycles. The van der Waals surface area contributed by atoms with Gasteiger partial charge in [-0.1, -0.05) is 19.9 Å². The first-order valence-electron chi connectivity index (χ1n) is 5.15. The molecule has 2 heteroatoms. The van der Waals surface area contributed by atoms with Crippen LogP contribution in [-0.2, 0) is 13.0 Å². The lowest BCUT2D eigenvalue weighted by atomic mass is 9.85. The predicted octanol–water partition coefficient (Wildman–Crippen LogP) is 1.94. The Bertz CT molecular complexity index is 342. The minimum Gasteiger partial charge on any atom is -0.399 e. The lowest BCUT2D eigenvalue weighted by molar-refractivity contribution is 0.349. The molecule has 0 saturated heterocycles. The summed E-state index contributed by atoms with van der Waals surface area (Å²) in [7, 11) is 0. The Labute approximate surface area is 85.5 Å². The van der Waals surface area contributed by atoms with E-state index in [2.05, 4.69) is 31.3 Å². The first-order chi connectivity index (χ1) is 6.57.